The Bertz CT molecular complexity index is 724. The maximum Gasteiger partial charge on any atom is 0.155 e. The molecule has 0 atom stereocenters. The van der Waals surface area contributed by atoms with Gasteiger partial charge in [0, 0.05) is 5.56 Å². The second kappa shape index (κ2) is 4.47. The first-order valence-corrected chi connectivity index (χ1v) is 6.57. The number of halogens is 3. The fraction of sp³-hybridized carbons (Fsp3) is 0. The molecule has 0 aliphatic rings. The molecule has 0 radical (unpaired) electrons. The van der Waals surface area contributed by atoms with Crippen LogP contribution in [0.5, 0.6) is 0 Å². The van der Waals surface area contributed by atoms with Crippen LogP contribution in [0.25, 0.3) is 16.9 Å². The van der Waals surface area contributed by atoms with Crippen LogP contribution in [0, 0.1) is 9.52 Å². The van der Waals surface area contributed by atoms with Gasteiger partial charge < -0.3 is 0 Å². The average Bonchev–Trinajstić information content (AvgIpc) is 2.68. The van der Waals surface area contributed by atoms with Crippen molar-refractivity contribution in [3.05, 3.63) is 51.1 Å². The fourth-order valence-electron chi connectivity index (χ4n) is 1.68. The summed E-state index contributed by atoms with van der Waals surface area (Å²) in [5, 5.41) is 4.58. The molecule has 0 spiro atoms. The Morgan fingerprint density at radius 3 is 2.56 bits per heavy atom. The molecule has 3 aromatic rings. The van der Waals surface area contributed by atoms with Gasteiger partial charge in [0.15, 0.2) is 5.65 Å². The third-order valence-corrected chi connectivity index (χ3v) is 3.68. The summed E-state index contributed by atoms with van der Waals surface area (Å²) in [6.45, 7) is 0. The predicted molar refractivity (Wildman–Crippen MR) is 76.1 cm³/mol. The lowest BCUT2D eigenvalue weighted by Crippen LogP contribution is -1.93. The van der Waals surface area contributed by atoms with Crippen molar-refractivity contribution < 1.29 is 4.39 Å². The van der Waals surface area contributed by atoms with Crippen LogP contribution in [0.4, 0.5) is 4.39 Å². The summed E-state index contributed by atoms with van der Waals surface area (Å²) in [4.78, 5) is 4.47. The van der Waals surface area contributed by atoms with Crippen LogP contribution < -0.4 is 0 Å². The smallest absolute Gasteiger partial charge is 0.155 e. The van der Waals surface area contributed by atoms with Crippen LogP contribution in [0.15, 0.2) is 36.4 Å². The maximum atomic E-state index is 12.9. The summed E-state index contributed by atoms with van der Waals surface area (Å²) in [5.41, 5.74) is 2.33. The molecule has 0 N–H and O–H groups in total. The Morgan fingerprint density at radius 1 is 1.11 bits per heavy atom. The minimum absolute atomic E-state index is 0.265. The molecule has 18 heavy (non-hydrogen) atoms. The van der Waals surface area contributed by atoms with Crippen LogP contribution in [0.2, 0.25) is 5.15 Å². The SMILES string of the molecule is Fc1ccc(-c2nc3ccc(Cl)nn3c2I)cc1. The lowest BCUT2D eigenvalue weighted by atomic mass is 10.2. The van der Waals surface area contributed by atoms with Gasteiger partial charge in [-0.25, -0.2) is 13.9 Å². The lowest BCUT2D eigenvalue weighted by molar-refractivity contribution is 0.628. The van der Waals surface area contributed by atoms with Gasteiger partial charge in [-0.05, 0) is 59.0 Å². The van der Waals surface area contributed by atoms with E-state index in [1.54, 1.807) is 28.8 Å². The van der Waals surface area contributed by atoms with E-state index in [0.29, 0.717) is 10.8 Å². The summed E-state index contributed by atoms with van der Waals surface area (Å²) >= 11 is 8.00. The minimum Gasteiger partial charge on any atom is -0.226 e. The average molecular weight is 374 g/mol. The highest BCUT2D eigenvalue weighted by atomic mass is 127. The molecule has 2 heterocycles. The summed E-state index contributed by atoms with van der Waals surface area (Å²) in [6.07, 6.45) is 0. The highest BCUT2D eigenvalue weighted by Crippen LogP contribution is 2.25. The van der Waals surface area contributed by atoms with E-state index >= 15 is 0 Å². The molecule has 3 rings (SSSR count). The molecule has 0 saturated carbocycles. The number of nitrogens with zero attached hydrogens (tertiary/aromatic N) is 3. The van der Waals surface area contributed by atoms with E-state index in [4.69, 9.17) is 11.6 Å². The van der Waals surface area contributed by atoms with Crippen molar-refractivity contribution in [2.75, 3.05) is 0 Å². The summed E-state index contributed by atoms with van der Waals surface area (Å²) in [5.74, 6) is -0.265. The molecule has 0 saturated heterocycles. The number of rotatable bonds is 1. The first kappa shape index (κ1) is 11.9. The van der Waals surface area contributed by atoms with Crippen LogP contribution in [-0.2, 0) is 0 Å². The summed E-state index contributed by atoms with van der Waals surface area (Å²) < 4.78 is 15.4. The van der Waals surface area contributed by atoms with Crippen molar-refractivity contribution in [2.24, 2.45) is 0 Å². The molecule has 0 bridgehead atoms. The molecule has 90 valence electrons. The highest BCUT2D eigenvalue weighted by Gasteiger charge is 2.12. The Kier molecular flexibility index (Phi) is 2.95. The quantitative estimate of drug-likeness (QED) is 0.608. The van der Waals surface area contributed by atoms with Crippen molar-refractivity contribution in [1.29, 1.82) is 0 Å². The first-order chi connectivity index (χ1) is 8.65. The van der Waals surface area contributed by atoms with E-state index in [0.717, 1.165) is 15.0 Å². The molecule has 3 nitrogen and oxygen atoms in total. The molecule has 6 heteroatoms. The third kappa shape index (κ3) is 1.97. The zero-order valence-corrected chi connectivity index (χ0v) is 11.9. The molecule has 0 fully saturated rings. The van der Waals surface area contributed by atoms with E-state index in [9.17, 15) is 4.39 Å². The molecular weight excluding hydrogens is 368 g/mol. The molecule has 2 aromatic heterocycles. The number of aromatic nitrogens is 3. The molecule has 0 aliphatic heterocycles. The largest absolute Gasteiger partial charge is 0.226 e. The van der Waals surface area contributed by atoms with Gasteiger partial charge in [0.05, 0.1) is 0 Å². The maximum absolute atomic E-state index is 12.9. The Balaban J connectivity index is 2.23. The van der Waals surface area contributed by atoms with Gasteiger partial charge in [0.1, 0.15) is 20.4 Å². The first-order valence-electron chi connectivity index (χ1n) is 5.12. The number of hydrogen-bond donors (Lipinski definition) is 0. The van der Waals surface area contributed by atoms with Crippen molar-refractivity contribution in [1.82, 2.24) is 14.6 Å². The molecule has 1 aromatic carbocycles. The topological polar surface area (TPSA) is 30.2 Å². The van der Waals surface area contributed by atoms with E-state index in [2.05, 4.69) is 32.7 Å². The number of benzene rings is 1. The Morgan fingerprint density at radius 2 is 1.83 bits per heavy atom. The monoisotopic (exact) mass is 373 g/mol. The fourth-order valence-corrected chi connectivity index (χ4v) is 2.60. The van der Waals surface area contributed by atoms with Gasteiger partial charge in [0.25, 0.3) is 0 Å². The van der Waals surface area contributed by atoms with Gasteiger partial charge in [-0.2, -0.15) is 5.10 Å². The van der Waals surface area contributed by atoms with Crippen molar-refractivity contribution >= 4 is 39.8 Å². The molecule has 0 unspecified atom stereocenters. The van der Waals surface area contributed by atoms with Crippen molar-refractivity contribution in [3.63, 3.8) is 0 Å². The zero-order chi connectivity index (χ0) is 12.7. The van der Waals surface area contributed by atoms with Gasteiger partial charge >= 0.3 is 0 Å². The predicted octanol–water partition coefficient (Wildman–Crippen LogP) is 3.79. The number of fused-ring (bicyclic) bond motifs is 1. The van der Waals surface area contributed by atoms with Gasteiger partial charge in [0.2, 0.25) is 0 Å². The molecule has 0 aliphatic carbocycles. The van der Waals surface area contributed by atoms with E-state index in [1.165, 1.54) is 12.1 Å². The van der Waals surface area contributed by atoms with Crippen LogP contribution in [0.3, 0.4) is 0 Å². The highest BCUT2D eigenvalue weighted by molar-refractivity contribution is 14.1. The minimum atomic E-state index is -0.265. The van der Waals surface area contributed by atoms with Crippen LogP contribution in [0.1, 0.15) is 0 Å². The molecular formula is C12H6ClFIN3. The van der Waals surface area contributed by atoms with Gasteiger partial charge in [-0.15, -0.1) is 0 Å². The van der Waals surface area contributed by atoms with E-state index in [-0.39, 0.29) is 5.82 Å². The van der Waals surface area contributed by atoms with Crippen LogP contribution in [-0.4, -0.2) is 14.6 Å². The number of imidazole rings is 1. The van der Waals surface area contributed by atoms with Gasteiger partial charge in [-0.3, -0.25) is 0 Å². The standard InChI is InChI=1S/C12H6ClFIN3/c13-9-5-6-10-16-11(12(15)18(10)17-9)7-1-3-8(14)4-2-7/h1-6H. The lowest BCUT2D eigenvalue weighted by Gasteiger charge is -1.97. The number of hydrogen-bond acceptors (Lipinski definition) is 2. The third-order valence-electron chi connectivity index (χ3n) is 2.51. The van der Waals surface area contributed by atoms with E-state index in [1.807, 2.05) is 0 Å². The van der Waals surface area contributed by atoms with Gasteiger partial charge in [-0.1, -0.05) is 11.6 Å². The summed E-state index contributed by atoms with van der Waals surface area (Å²) in [7, 11) is 0. The van der Waals surface area contributed by atoms with Crippen molar-refractivity contribution in [2.45, 2.75) is 0 Å². The Hall–Kier alpha value is -1.21. The Labute approximate surface area is 121 Å². The zero-order valence-electron chi connectivity index (χ0n) is 8.94. The summed E-state index contributed by atoms with van der Waals surface area (Å²) in [6, 6.07) is 9.70. The molecule has 0 amide bonds. The van der Waals surface area contributed by atoms with Crippen molar-refractivity contribution in [3.8, 4) is 11.3 Å². The van der Waals surface area contributed by atoms with E-state index < -0.39 is 0 Å². The second-order valence-corrected chi connectivity index (χ2v) is 5.09. The second-order valence-electron chi connectivity index (χ2n) is 3.68. The normalized spacial score (nSPS) is 11.1. The van der Waals surface area contributed by atoms with Crippen LogP contribution >= 0.6 is 34.2 Å².